The Morgan fingerprint density at radius 3 is 1.57 bits per heavy atom. The highest BCUT2D eigenvalue weighted by Crippen LogP contribution is 2.35. The summed E-state index contributed by atoms with van der Waals surface area (Å²) in [5, 5.41) is 0. The molecule has 0 saturated carbocycles. The van der Waals surface area contributed by atoms with Gasteiger partial charge in [-0.2, -0.15) is 0 Å². The first kappa shape index (κ1) is 24.6. The van der Waals surface area contributed by atoms with Crippen molar-refractivity contribution in [3.05, 3.63) is 107 Å². The van der Waals surface area contributed by atoms with Crippen molar-refractivity contribution in [2.24, 2.45) is 0 Å². The molecule has 4 rings (SSSR count). The average molecular weight is 481 g/mol. The Bertz CT molecular complexity index is 1330. The van der Waals surface area contributed by atoms with E-state index in [-0.39, 0.29) is 27.8 Å². The van der Waals surface area contributed by atoms with Gasteiger partial charge in [0.25, 0.3) is 0 Å². The molecule has 0 nitrogen and oxygen atoms in total. The van der Waals surface area contributed by atoms with Gasteiger partial charge in [-0.05, 0) is 58.9 Å². The summed E-state index contributed by atoms with van der Waals surface area (Å²) in [6.07, 6.45) is 3.11. The summed E-state index contributed by atoms with van der Waals surface area (Å²) in [6, 6.07) is 15.7. The van der Waals surface area contributed by atoms with E-state index in [4.69, 9.17) is 0 Å². The molecule has 0 aliphatic heterocycles. The van der Waals surface area contributed by atoms with Gasteiger partial charge in [-0.1, -0.05) is 75.2 Å². The van der Waals surface area contributed by atoms with Crippen LogP contribution in [0.1, 0.15) is 37.8 Å². The zero-order valence-electron chi connectivity index (χ0n) is 19.6. The summed E-state index contributed by atoms with van der Waals surface area (Å²) in [5.41, 5.74) is 1.35. The maximum absolute atomic E-state index is 15.0. The van der Waals surface area contributed by atoms with E-state index in [9.17, 15) is 17.6 Å². The first-order valence-corrected chi connectivity index (χ1v) is 11.7. The van der Waals surface area contributed by atoms with Crippen LogP contribution < -0.4 is 0 Å². The van der Waals surface area contributed by atoms with E-state index in [0.29, 0.717) is 17.5 Å². The van der Waals surface area contributed by atoms with E-state index in [1.54, 1.807) is 18.2 Å². The summed E-state index contributed by atoms with van der Waals surface area (Å²) in [4.78, 5) is 0. The zero-order valence-corrected chi connectivity index (χ0v) is 19.6. The van der Waals surface area contributed by atoms with Crippen molar-refractivity contribution in [2.75, 3.05) is 0 Å². The Morgan fingerprint density at radius 2 is 1.03 bits per heavy atom. The lowest BCUT2D eigenvalue weighted by atomic mass is 9.95. The van der Waals surface area contributed by atoms with Crippen molar-refractivity contribution in [1.29, 1.82) is 0 Å². The van der Waals surface area contributed by atoms with Crippen LogP contribution in [0, 0.1) is 29.1 Å². The summed E-state index contributed by atoms with van der Waals surface area (Å²) in [5.74, 6) is -4.70. The lowest BCUT2D eigenvalue weighted by Gasteiger charge is -2.13. The van der Waals surface area contributed by atoms with E-state index < -0.39 is 29.1 Å². The molecule has 35 heavy (non-hydrogen) atoms. The topological polar surface area (TPSA) is 0 Å². The van der Waals surface area contributed by atoms with Crippen molar-refractivity contribution in [3.63, 3.8) is 0 Å². The van der Waals surface area contributed by atoms with Crippen molar-refractivity contribution in [3.8, 4) is 33.4 Å². The van der Waals surface area contributed by atoms with Crippen LogP contribution in [0.3, 0.4) is 0 Å². The molecule has 4 aromatic rings. The molecule has 0 N–H and O–H groups in total. The monoisotopic (exact) mass is 480 g/mol. The third-order valence-corrected chi connectivity index (χ3v) is 6.10. The molecular formula is C30H25F5. The maximum Gasteiger partial charge on any atom is 0.167 e. The van der Waals surface area contributed by atoms with Gasteiger partial charge in [0.2, 0.25) is 0 Å². The summed E-state index contributed by atoms with van der Waals surface area (Å²) in [7, 11) is 0. The molecule has 0 saturated heterocycles. The normalized spacial score (nSPS) is 11.2. The molecule has 0 aromatic heterocycles. The van der Waals surface area contributed by atoms with Gasteiger partial charge in [0.1, 0.15) is 17.5 Å². The minimum atomic E-state index is -1.25. The second kappa shape index (κ2) is 10.4. The Kier molecular flexibility index (Phi) is 7.34. The minimum absolute atomic E-state index is 0.126. The predicted octanol–water partition coefficient (Wildman–Crippen LogP) is 9.29. The molecule has 5 heteroatoms. The van der Waals surface area contributed by atoms with Crippen LogP contribution in [0.4, 0.5) is 22.0 Å². The van der Waals surface area contributed by atoms with E-state index >= 15 is 4.39 Å². The van der Waals surface area contributed by atoms with Crippen molar-refractivity contribution in [2.45, 2.75) is 39.5 Å². The van der Waals surface area contributed by atoms with Crippen LogP contribution in [0.15, 0.2) is 66.7 Å². The Labute approximate surface area is 202 Å². The van der Waals surface area contributed by atoms with Gasteiger partial charge in [0.05, 0.1) is 5.56 Å². The van der Waals surface area contributed by atoms with E-state index in [1.807, 2.05) is 26.0 Å². The number of benzene rings is 4. The molecule has 0 heterocycles. The molecular weight excluding hydrogens is 455 g/mol. The van der Waals surface area contributed by atoms with Crippen molar-refractivity contribution in [1.82, 2.24) is 0 Å². The number of hydrogen-bond donors (Lipinski definition) is 0. The van der Waals surface area contributed by atoms with Gasteiger partial charge >= 0.3 is 0 Å². The zero-order chi connectivity index (χ0) is 25.1. The molecule has 0 aliphatic carbocycles. The molecule has 0 spiro atoms. The molecule has 0 amide bonds. The fourth-order valence-corrected chi connectivity index (χ4v) is 4.31. The third kappa shape index (κ3) is 5.00. The maximum atomic E-state index is 15.0. The minimum Gasteiger partial charge on any atom is -0.207 e. The molecule has 4 aromatic carbocycles. The molecule has 0 radical (unpaired) electrons. The van der Waals surface area contributed by atoms with Crippen LogP contribution in [0.5, 0.6) is 0 Å². The Balaban J connectivity index is 1.70. The van der Waals surface area contributed by atoms with E-state index in [2.05, 4.69) is 0 Å². The predicted molar refractivity (Wildman–Crippen MR) is 131 cm³/mol. The third-order valence-electron chi connectivity index (χ3n) is 6.10. The standard InChI is InChI=1S/C30H25F5/c1-3-5-18-7-9-20(10-8-18)28-26(32)16-22(17-27(28)33)24-14-13-23(29(34)30(24)35)21-12-11-19(6-4-2)25(31)15-21/h7-17H,3-6H2,1-2H3. The van der Waals surface area contributed by atoms with Gasteiger partial charge in [0, 0.05) is 11.1 Å². The highest BCUT2D eigenvalue weighted by Gasteiger charge is 2.20. The molecule has 0 atom stereocenters. The fourth-order valence-electron chi connectivity index (χ4n) is 4.31. The summed E-state index contributed by atoms with van der Waals surface area (Å²) < 4.78 is 74.2. The Morgan fingerprint density at radius 1 is 0.514 bits per heavy atom. The Hall–Kier alpha value is -3.47. The van der Waals surface area contributed by atoms with Crippen LogP contribution in [0.25, 0.3) is 33.4 Å². The fraction of sp³-hybridized carbons (Fsp3) is 0.200. The smallest absolute Gasteiger partial charge is 0.167 e. The second-order valence-corrected chi connectivity index (χ2v) is 8.61. The molecule has 0 bridgehead atoms. The second-order valence-electron chi connectivity index (χ2n) is 8.61. The summed E-state index contributed by atoms with van der Waals surface area (Å²) >= 11 is 0. The molecule has 180 valence electrons. The van der Waals surface area contributed by atoms with Gasteiger partial charge < -0.3 is 0 Å². The lowest BCUT2D eigenvalue weighted by Crippen LogP contribution is -1.98. The molecule has 0 unspecified atom stereocenters. The van der Waals surface area contributed by atoms with Crippen LogP contribution in [-0.2, 0) is 12.8 Å². The quantitative estimate of drug-likeness (QED) is 0.231. The highest BCUT2D eigenvalue weighted by atomic mass is 19.2. The van der Waals surface area contributed by atoms with E-state index in [1.165, 1.54) is 24.3 Å². The van der Waals surface area contributed by atoms with Gasteiger partial charge in [-0.15, -0.1) is 0 Å². The SMILES string of the molecule is CCCc1ccc(-c2c(F)cc(-c3ccc(-c4ccc(CCC)c(F)c4)c(F)c3F)cc2F)cc1. The average Bonchev–Trinajstić information content (AvgIpc) is 2.83. The first-order valence-electron chi connectivity index (χ1n) is 11.7. The number of rotatable bonds is 7. The lowest BCUT2D eigenvalue weighted by molar-refractivity contribution is 0.513. The van der Waals surface area contributed by atoms with Gasteiger partial charge in [0.15, 0.2) is 11.6 Å². The number of hydrogen-bond acceptors (Lipinski definition) is 0. The molecule has 0 aliphatic rings. The molecule has 0 fully saturated rings. The number of halogens is 5. The van der Waals surface area contributed by atoms with Crippen molar-refractivity contribution < 1.29 is 22.0 Å². The van der Waals surface area contributed by atoms with Crippen LogP contribution in [-0.4, -0.2) is 0 Å². The number of aryl methyl sites for hydroxylation is 2. The van der Waals surface area contributed by atoms with Gasteiger partial charge in [-0.3, -0.25) is 0 Å². The highest BCUT2D eigenvalue weighted by molar-refractivity contribution is 5.75. The van der Waals surface area contributed by atoms with E-state index in [0.717, 1.165) is 37.0 Å². The van der Waals surface area contributed by atoms with Crippen LogP contribution in [0.2, 0.25) is 0 Å². The van der Waals surface area contributed by atoms with Gasteiger partial charge in [-0.25, -0.2) is 22.0 Å². The summed E-state index contributed by atoms with van der Waals surface area (Å²) in [6.45, 7) is 3.96. The van der Waals surface area contributed by atoms with Crippen LogP contribution >= 0.6 is 0 Å². The first-order chi connectivity index (χ1) is 16.8. The largest absolute Gasteiger partial charge is 0.207 e. The van der Waals surface area contributed by atoms with Crippen molar-refractivity contribution >= 4 is 0 Å².